The van der Waals surface area contributed by atoms with Crippen molar-refractivity contribution in [2.24, 2.45) is 16.2 Å². The Kier molecular flexibility index (Phi) is 3.25. The van der Waals surface area contributed by atoms with Gasteiger partial charge in [-0.1, -0.05) is 20.8 Å². The first-order valence-electron chi connectivity index (χ1n) is 6.96. The molecule has 2 nitrogen and oxygen atoms in total. The molecular weight excluding hydrogens is 246 g/mol. The van der Waals surface area contributed by atoms with Crippen molar-refractivity contribution in [3.05, 3.63) is 0 Å². The van der Waals surface area contributed by atoms with E-state index in [-0.39, 0.29) is 5.91 Å². The number of hydrogen-bond acceptors (Lipinski definition) is 1. The molecule has 1 aliphatic carbocycles. The predicted octanol–water partition coefficient (Wildman–Crippen LogP) is 3.68. The van der Waals surface area contributed by atoms with Crippen molar-refractivity contribution >= 4 is 17.5 Å². The fourth-order valence-electron chi connectivity index (χ4n) is 4.14. The molecule has 0 N–H and O–H groups in total. The van der Waals surface area contributed by atoms with Gasteiger partial charge in [-0.15, -0.1) is 11.6 Å². The second-order valence-corrected chi connectivity index (χ2v) is 8.43. The average molecular weight is 272 g/mol. The van der Waals surface area contributed by atoms with Crippen LogP contribution in [0.5, 0.6) is 0 Å². The van der Waals surface area contributed by atoms with Crippen LogP contribution in [0.25, 0.3) is 0 Å². The topological polar surface area (TPSA) is 20.3 Å². The zero-order valence-electron chi connectivity index (χ0n) is 12.3. The first-order valence-corrected chi connectivity index (χ1v) is 7.49. The summed E-state index contributed by atoms with van der Waals surface area (Å²) in [4.78, 5) is 14.8. The van der Waals surface area contributed by atoms with E-state index in [0.29, 0.717) is 22.8 Å². The van der Waals surface area contributed by atoms with E-state index in [1.807, 2.05) is 13.8 Å². The Labute approximate surface area is 116 Å². The molecule has 104 valence electrons. The lowest BCUT2D eigenvalue weighted by Gasteiger charge is -2.40. The smallest absolute Gasteiger partial charge is 0.229 e. The first kappa shape index (κ1) is 14.2. The quantitative estimate of drug-likeness (QED) is 0.702. The van der Waals surface area contributed by atoms with Gasteiger partial charge in [0.25, 0.3) is 0 Å². The standard InChI is InChI=1S/C15H26ClNO/c1-13(2)6-11-7-15(5,8-13)10-17(11)12(18)14(3,4)9-16/h11H,6-10H2,1-5H3. The normalized spacial score (nSPS) is 34.8. The maximum absolute atomic E-state index is 12.6. The Morgan fingerprint density at radius 3 is 2.50 bits per heavy atom. The van der Waals surface area contributed by atoms with Gasteiger partial charge in [0.15, 0.2) is 0 Å². The van der Waals surface area contributed by atoms with Gasteiger partial charge in [0.2, 0.25) is 5.91 Å². The summed E-state index contributed by atoms with van der Waals surface area (Å²) in [5.41, 5.74) is 0.238. The van der Waals surface area contributed by atoms with E-state index in [9.17, 15) is 4.79 Å². The van der Waals surface area contributed by atoms with Crippen molar-refractivity contribution in [3.63, 3.8) is 0 Å². The number of likely N-dealkylation sites (tertiary alicyclic amines) is 1. The number of carbonyl (C=O) groups is 1. The molecule has 2 atom stereocenters. The van der Waals surface area contributed by atoms with E-state index >= 15 is 0 Å². The summed E-state index contributed by atoms with van der Waals surface area (Å²) in [5.74, 6) is 0.638. The zero-order valence-corrected chi connectivity index (χ0v) is 13.1. The molecule has 1 aliphatic heterocycles. The van der Waals surface area contributed by atoms with Gasteiger partial charge in [0.1, 0.15) is 0 Å². The molecule has 1 heterocycles. The van der Waals surface area contributed by atoms with E-state index in [2.05, 4.69) is 25.7 Å². The fourth-order valence-corrected chi connectivity index (χ4v) is 4.26. The van der Waals surface area contributed by atoms with Crippen molar-refractivity contribution in [2.75, 3.05) is 12.4 Å². The molecule has 3 heteroatoms. The monoisotopic (exact) mass is 271 g/mol. The van der Waals surface area contributed by atoms with Crippen LogP contribution in [0.15, 0.2) is 0 Å². The largest absolute Gasteiger partial charge is 0.339 e. The number of halogens is 1. The molecule has 2 aliphatic rings. The number of alkyl halides is 1. The van der Waals surface area contributed by atoms with Crippen LogP contribution >= 0.6 is 11.6 Å². The van der Waals surface area contributed by atoms with Crippen LogP contribution < -0.4 is 0 Å². The second kappa shape index (κ2) is 4.13. The van der Waals surface area contributed by atoms with Crippen LogP contribution in [0.3, 0.4) is 0 Å². The summed E-state index contributed by atoms with van der Waals surface area (Å²) in [6.07, 6.45) is 3.52. The van der Waals surface area contributed by atoms with E-state index in [1.54, 1.807) is 0 Å². The molecule has 1 amide bonds. The van der Waals surface area contributed by atoms with Crippen molar-refractivity contribution in [2.45, 2.75) is 59.9 Å². The third-order valence-corrected chi connectivity index (χ3v) is 5.26. The Balaban J connectivity index is 2.21. The van der Waals surface area contributed by atoms with Crippen LogP contribution in [0.4, 0.5) is 0 Å². The van der Waals surface area contributed by atoms with Gasteiger partial charge in [0, 0.05) is 18.5 Å². The SMILES string of the molecule is CC1(C)CC2CC(C)(CN2C(=O)C(C)(C)CCl)C1. The maximum atomic E-state index is 12.6. The molecular formula is C15H26ClNO. The van der Waals surface area contributed by atoms with E-state index in [1.165, 1.54) is 12.8 Å². The number of nitrogens with zero attached hydrogens (tertiary/aromatic N) is 1. The van der Waals surface area contributed by atoms with Crippen molar-refractivity contribution in [1.29, 1.82) is 0 Å². The predicted molar refractivity (Wildman–Crippen MR) is 75.7 cm³/mol. The van der Waals surface area contributed by atoms with Crippen LogP contribution in [0.1, 0.15) is 53.9 Å². The van der Waals surface area contributed by atoms with Crippen molar-refractivity contribution in [1.82, 2.24) is 4.90 Å². The van der Waals surface area contributed by atoms with Crippen LogP contribution in [-0.4, -0.2) is 29.3 Å². The summed E-state index contributed by atoms with van der Waals surface area (Å²) in [6.45, 7) is 11.8. The van der Waals surface area contributed by atoms with Gasteiger partial charge in [-0.25, -0.2) is 0 Å². The van der Waals surface area contributed by atoms with Gasteiger partial charge in [0.05, 0.1) is 5.41 Å². The molecule has 2 rings (SSSR count). The van der Waals surface area contributed by atoms with Crippen LogP contribution in [-0.2, 0) is 4.79 Å². The fraction of sp³-hybridized carbons (Fsp3) is 0.933. The lowest BCUT2D eigenvalue weighted by molar-refractivity contribution is -0.140. The Bertz CT molecular complexity index is 364. The molecule has 2 fully saturated rings. The van der Waals surface area contributed by atoms with Gasteiger partial charge in [-0.05, 0) is 43.9 Å². The van der Waals surface area contributed by atoms with Gasteiger partial charge in [-0.2, -0.15) is 0 Å². The van der Waals surface area contributed by atoms with Gasteiger partial charge in [-0.3, -0.25) is 4.79 Å². The number of amides is 1. The number of hydrogen-bond donors (Lipinski definition) is 0. The van der Waals surface area contributed by atoms with Crippen molar-refractivity contribution < 1.29 is 4.79 Å². The van der Waals surface area contributed by atoms with Gasteiger partial charge < -0.3 is 4.90 Å². The highest BCUT2D eigenvalue weighted by molar-refractivity contribution is 6.19. The molecule has 0 aromatic rings. The zero-order chi connectivity index (χ0) is 13.8. The second-order valence-electron chi connectivity index (χ2n) is 8.16. The van der Waals surface area contributed by atoms with Crippen molar-refractivity contribution in [3.8, 4) is 0 Å². The summed E-state index contributed by atoms with van der Waals surface area (Å²) in [7, 11) is 0. The van der Waals surface area contributed by atoms with Gasteiger partial charge >= 0.3 is 0 Å². The molecule has 18 heavy (non-hydrogen) atoms. The lowest BCUT2D eigenvalue weighted by atomic mass is 9.65. The van der Waals surface area contributed by atoms with E-state index in [0.717, 1.165) is 13.0 Å². The minimum absolute atomic E-state index is 0.240. The Hall–Kier alpha value is -0.240. The molecule has 0 radical (unpaired) electrons. The molecule has 1 saturated heterocycles. The molecule has 2 unspecified atom stereocenters. The Morgan fingerprint density at radius 2 is 1.94 bits per heavy atom. The molecule has 0 aromatic carbocycles. The number of carbonyl (C=O) groups excluding carboxylic acids is 1. The number of fused-ring (bicyclic) bond motifs is 2. The highest BCUT2D eigenvalue weighted by atomic mass is 35.5. The summed E-state index contributed by atoms with van der Waals surface area (Å²) < 4.78 is 0. The molecule has 1 saturated carbocycles. The minimum atomic E-state index is -0.431. The lowest BCUT2D eigenvalue weighted by Crippen LogP contribution is -2.45. The van der Waals surface area contributed by atoms with Crippen LogP contribution in [0, 0.1) is 16.2 Å². The summed E-state index contributed by atoms with van der Waals surface area (Å²) in [5, 5.41) is 0. The third kappa shape index (κ3) is 2.41. The molecule has 0 spiro atoms. The molecule has 0 aromatic heterocycles. The number of rotatable bonds is 2. The Morgan fingerprint density at radius 1 is 1.33 bits per heavy atom. The maximum Gasteiger partial charge on any atom is 0.229 e. The summed E-state index contributed by atoms with van der Waals surface area (Å²) >= 11 is 5.95. The van der Waals surface area contributed by atoms with E-state index in [4.69, 9.17) is 11.6 Å². The highest BCUT2D eigenvalue weighted by Crippen LogP contribution is 2.53. The third-order valence-electron chi connectivity index (χ3n) is 4.59. The summed E-state index contributed by atoms with van der Waals surface area (Å²) in [6, 6.07) is 0.425. The molecule has 2 bridgehead atoms. The van der Waals surface area contributed by atoms with E-state index < -0.39 is 5.41 Å². The van der Waals surface area contributed by atoms with Crippen LogP contribution in [0.2, 0.25) is 0 Å². The average Bonchev–Trinajstić information content (AvgIpc) is 2.46. The highest BCUT2D eigenvalue weighted by Gasteiger charge is 2.52. The minimum Gasteiger partial charge on any atom is -0.339 e. The first-order chi connectivity index (χ1) is 8.09.